The summed E-state index contributed by atoms with van der Waals surface area (Å²) in [6.07, 6.45) is 3.54. The fourth-order valence-corrected chi connectivity index (χ4v) is 3.32. The van der Waals surface area contributed by atoms with Crippen molar-refractivity contribution in [1.29, 1.82) is 0 Å². The number of hydrogen-bond acceptors (Lipinski definition) is 3. The number of carbonyl (C=O) groups is 1. The number of hydrogen-bond donors (Lipinski definition) is 1. The van der Waals surface area contributed by atoms with Gasteiger partial charge in [-0.05, 0) is 31.0 Å². The van der Waals surface area contributed by atoms with Crippen molar-refractivity contribution in [3.63, 3.8) is 0 Å². The molecule has 0 radical (unpaired) electrons. The first kappa shape index (κ1) is 15.3. The molecular formula is C18H26N2O2. The number of likely N-dealkylation sites (tertiary alicyclic amines) is 1. The molecule has 1 amide bonds. The largest absolute Gasteiger partial charge is 0.484 e. The Morgan fingerprint density at radius 3 is 2.73 bits per heavy atom. The van der Waals surface area contributed by atoms with Crippen molar-refractivity contribution in [2.24, 2.45) is 5.92 Å². The van der Waals surface area contributed by atoms with E-state index in [1.807, 2.05) is 24.3 Å². The number of anilines is 1. The number of rotatable bonds is 3. The number of piperidine rings is 1. The third-order valence-electron chi connectivity index (χ3n) is 4.76. The van der Waals surface area contributed by atoms with Crippen molar-refractivity contribution >= 4 is 11.6 Å². The van der Waals surface area contributed by atoms with E-state index in [-0.39, 0.29) is 11.5 Å². The second-order valence-corrected chi connectivity index (χ2v) is 7.03. The van der Waals surface area contributed by atoms with Crippen molar-refractivity contribution in [1.82, 2.24) is 4.90 Å². The van der Waals surface area contributed by atoms with Gasteiger partial charge in [0.15, 0.2) is 0 Å². The molecule has 0 aromatic heterocycles. The van der Waals surface area contributed by atoms with Crippen LogP contribution < -0.4 is 10.1 Å². The second kappa shape index (κ2) is 6.29. The third kappa shape index (κ3) is 3.43. The Morgan fingerprint density at radius 2 is 2.00 bits per heavy atom. The van der Waals surface area contributed by atoms with E-state index in [1.54, 1.807) is 0 Å². The lowest BCUT2D eigenvalue weighted by Crippen LogP contribution is -2.49. The van der Waals surface area contributed by atoms with E-state index in [4.69, 9.17) is 4.74 Å². The number of fused-ring (bicyclic) bond motifs is 1. The van der Waals surface area contributed by atoms with Crippen LogP contribution in [0.3, 0.4) is 0 Å². The van der Waals surface area contributed by atoms with Crippen LogP contribution in [0.25, 0.3) is 0 Å². The fraction of sp³-hybridized carbons (Fsp3) is 0.611. The van der Waals surface area contributed by atoms with Crippen LogP contribution in [0.4, 0.5) is 5.69 Å². The molecule has 22 heavy (non-hydrogen) atoms. The van der Waals surface area contributed by atoms with Gasteiger partial charge in [-0.2, -0.15) is 0 Å². The molecule has 1 saturated heterocycles. The highest BCUT2D eigenvalue weighted by Crippen LogP contribution is 2.38. The minimum atomic E-state index is -0.328. The molecule has 2 aliphatic rings. The van der Waals surface area contributed by atoms with Crippen LogP contribution in [-0.4, -0.2) is 36.0 Å². The number of nitrogens with zero attached hydrogens (tertiary/aromatic N) is 1. The Kier molecular flexibility index (Phi) is 4.39. The van der Waals surface area contributed by atoms with E-state index in [2.05, 4.69) is 24.1 Å². The summed E-state index contributed by atoms with van der Waals surface area (Å²) in [5.74, 6) is 1.62. The van der Waals surface area contributed by atoms with Crippen LogP contribution in [0.1, 0.15) is 39.5 Å². The predicted molar refractivity (Wildman–Crippen MR) is 88.2 cm³/mol. The number of nitrogens with one attached hydrogen (secondary N) is 1. The quantitative estimate of drug-likeness (QED) is 0.931. The highest BCUT2D eigenvalue weighted by molar-refractivity contribution is 5.93. The smallest absolute Gasteiger partial charge is 0.228 e. The van der Waals surface area contributed by atoms with Crippen molar-refractivity contribution in [2.45, 2.75) is 45.1 Å². The van der Waals surface area contributed by atoms with Gasteiger partial charge in [-0.25, -0.2) is 0 Å². The highest BCUT2D eigenvalue weighted by atomic mass is 16.5. The van der Waals surface area contributed by atoms with Crippen LogP contribution >= 0.6 is 0 Å². The molecule has 3 rings (SSSR count). The van der Waals surface area contributed by atoms with E-state index < -0.39 is 0 Å². The molecule has 0 bridgehead atoms. The first-order valence-corrected chi connectivity index (χ1v) is 8.37. The van der Waals surface area contributed by atoms with Gasteiger partial charge in [0, 0.05) is 25.9 Å². The van der Waals surface area contributed by atoms with E-state index in [0.29, 0.717) is 6.42 Å². The van der Waals surface area contributed by atoms with Gasteiger partial charge in [-0.1, -0.05) is 26.0 Å². The minimum Gasteiger partial charge on any atom is -0.484 e. The Morgan fingerprint density at radius 1 is 1.27 bits per heavy atom. The zero-order valence-electron chi connectivity index (χ0n) is 13.6. The van der Waals surface area contributed by atoms with Gasteiger partial charge >= 0.3 is 0 Å². The SMILES string of the molecule is CC(C)CCN1CCC2(CC1)CC(=O)Nc1ccccc1O2. The minimum absolute atomic E-state index is 0.0700. The molecule has 120 valence electrons. The molecule has 1 fully saturated rings. The zero-order chi connectivity index (χ0) is 15.6. The first-order chi connectivity index (χ1) is 10.6. The summed E-state index contributed by atoms with van der Waals surface area (Å²) in [6.45, 7) is 7.71. The summed E-state index contributed by atoms with van der Waals surface area (Å²) in [5.41, 5.74) is 0.469. The Hall–Kier alpha value is -1.55. The summed E-state index contributed by atoms with van der Waals surface area (Å²) in [6, 6.07) is 7.74. The zero-order valence-corrected chi connectivity index (χ0v) is 13.6. The topological polar surface area (TPSA) is 41.6 Å². The molecule has 0 aliphatic carbocycles. The number of ether oxygens (including phenoxy) is 1. The van der Waals surface area contributed by atoms with E-state index in [9.17, 15) is 4.79 Å². The molecule has 0 saturated carbocycles. The normalized spacial score (nSPS) is 21.1. The molecule has 4 heteroatoms. The molecule has 0 unspecified atom stereocenters. The van der Waals surface area contributed by atoms with Crippen LogP contribution in [0.15, 0.2) is 24.3 Å². The monoisotopic (exact) mass is 302 g/mol. The number of benzene rings is 1. The van der Waals surface area contributed by atoms with Gasteiger partial charge in [-0.3, -0.25) is 4.79 Å². The molecule has 4 nitrogen and oxygen atoms in total. The number of para-hydroxylation sites is 2. The lowest BCUT2D eigenvalue weighted by Gasteiger charge is -2.40. The number of carbonyl (C=O) groups excluding carboxylic acids is 1. The van der Waals surface area contributed by atoms with Gasteiger partial charge < -0.3 is 15.0 Å². The van der Waals surface area contributed by atoms with Gasteiger partial charge in [0.05, 0.1) is 12.1 Å². The molecule has 2 heterocycles. The lowest BCUT2D eigenvalue weighted by molar-refractivity contribution is -0.121. The second-order valence-electron chi connectivity index (χ2n) is 7.03. The van der Waals surface area contributed by atoms with Gasteiger partial charge in [-0.15, -0.1) is 0 Å². The fourth-order valence-electron chi connectivity index (χ4n) is 3.32. The van der Waals surface area contributed by atoms with Crippen LogP contribution in [-0.2, 0) is 4.79 Å². The van der Waals surface area contributed by atoms with Gasteiger partial charge in [0.25, 0.3) is 0 Å². The summed E-state index contributed by atoms with van der Waals surface area (Å²) in [4.78, 5) is 14.7. The number of amides is 1. The molecule has 1 aromatic rings. The van der Waals surface area contributed by atoms with E-state index in [0.717, 1.165) is 49.8 Å². The molecule has 1 aromatic carbocycles. The summed E-state index contributed by atoms with van der Waals surface area (Å²) < 4.78 is 6.32. The highest BCUT2D eigenvalue weighted by Gasteiger charge is 2.40. The third-order valence-corrected chi connectivity index (χ3v) is 4.76. The van der Waals surface area contributed by atoms with E-state index in [1.165, 1.54) is 6.42 Å². The van der Waals surface area contributed by atoms with E-state index >= 15 is 0 Å². The van der Waals surface area contributed by atoms with Crippen molar-refractivity contribution < 1.29 is 9.53 Å². The maximum absolute atomic E-state index is 12.2. The molecule has 1 spiro atoms. The summed E-state index contributed by atoms with van der Waals surface area (Å²) >= 11 is 0. The van der Waals surface area contributed by atoms with Gasteiger partial charge in [0.2, 0.25) is 5.91 Å². The maximum atomic E-state index is 12.2. The van der Waals surface area contributed by atoms with Crippen LogP contribution in [0.2, 0.25) is 0 Å². The summed E-state index contributed by atoms with van der Waals surface area (Å²) in [7, 11) is 0. The lowest BCUT2D eigenvalue weighted by atomic mass is 9.87. The molecule has 2 aliphatic heterocycles. The standard InChI is InChI=1S/C18H26N2O2/c1-14(2)7-10-20-11-8-18(9-12-20)13-17(21)19-15-5-3-4-6-16(15)22-18/h3-6,14H,7-13H2,1-2H3,(H,19,21). The average Bonchev–Trinajstić information content (AvgIpc) is 2.62. The van der Waals surface area contributed by atoms with Gasteiger partial charge in [0.1, 0.15) is 11.4 Å². The Bertz CT molecular complexity index is 534. The summed E-state index contributed by atoms with van der Waals surface area (Å²) in [5, 5.41) is 2.97. The molecular weight excluding hydrogens is 276 g/mol. The molecule has 1 N–H and O–H groups in total. The van der Waals surface area contributed by atoms with Crippen LogP contribution in [0.5, 0.6) is 5.75 Å². The molecule has 0 atom stereocenters. The van der Waals surface area contributed by atoms with Crippen molar-refractivity contribution in [3.8, 4) is 5.75 Å². The average molecular weight is 302 g/mol. The van der Waals surface area contributed by atoms with Crippen molar-refractivity contribution in [2.75, 3.05) is 25.0 Å². The first-order valence-electron chi connectivity index (χ1n) is 8.37. The Balaban J connectivity index is 1.68. The predicted octanol–water partition coefficient (Wildman–Crippen LogP) is 3.29. The van der Waals surface area contributed by atoms with Crippen molar-refractivity contribution in [3.05, 3.63) is 24.3 Å². The maximum Gasteiger partial charge on any atom is 0.228 e. The van der Waals surface area contributed by atoms with Crippen LogP contribution in [0, 0.1) is 5.92 Å². The Labute approximate surface area is 132 Å².